The number of benzene rings is 1. The molecule has 1 fully saturated rings. The van der Waals surface area contributed by atoms with Gasteiger partial charge in [0.25, 0.3) is 0 Å². The third-order valence-corrected chi connectivity index (χ3v) is 7.38. The van der Waals surface area contributed by atoms with Crippen molar-refractivity contribution in [3.05, 3.63) is 59.7 Å². The van der Waals surface area contributed by atoms with Crippen LogP contribution in [0, 0.1) is 0 Å². The predicted octanol–water partition coefficient (Wildman–Crippen LogP) is 4.93. The first-order valence-corrected chi connectivity index (χ1v) is 12.1. The second-order valence-corrected chi connectivity index (χ2v) is 9.55. The van der Waals surface area contributed by atoms with E-state index in [0.717, 1.165) is 42.8 Å². The number of piperidine rings is 1. The molecule has 1 saturated heterocycles. The van der Waals surface area contributed by atoms with Crippen molar-refractivity contribution in [3.8, 4) is 0 Å². The molecule has 0 radical (unpaired) electrons. The Morgan fingerprint density at radius 2 is 2.06 bits per heavy atom. The molecule has 5 rings (SSSR count). The van der Waals surface area contributed by atoms with Crippen molar-refractivity contribution in [2.75, 3.05) is 13.1 Å². The zero-order chi connectivity index (χ0) is 21.1. The Labute approximate surface area is 185 Å². The average molecular weight is 418 g/mol. The third-order valence-electron chi connectivity index (χ3n) is 7.38. The Hall–Kier alpha value is -2.24. The van der Waals surface area contributed by atoms with Crippen molar-refractivity contribution in [1.29, 1.82) is 0 Å². The van der Waals surface area contributed by atoms with Gasteiger partial charge in [0.1, 0.15) is 5.82 Å². The zero-order valence-corrected chi connectivity index (χ0v) is 18.7. The lowest BCUT2D eigenvalue weighted by atomic mass is 9.79. The summed E-state index contributed by atoms with van der Waals surface area (Å²) in [6.45, 7) is 5.49. The van der Waals surface area contributed by atoms with Crippen LogP contribution in [0.1, 0.15) is 69.0 Å². The van der Waals surface area contributed by atoms with Gasteiger partial charge in [-0.05, 0) is 88.7 Å². The van der Waals surface area contributed by atoms with Gasteiger partial charge in [-0.2, -0.15) is 0 Å². The van der Waals surface area contributed by atoms with Crippen molar-refractivity contribution in [1.82, 2.24) is 25.2 Å². The van der Waals surface area contributed by atoms with E-state index in [1.54, 1.807) is 0 Å². The first-order chi connectivity index (χ1) is 15.2. The number of fused-ring (bicyclic) bond motifs is 2. The maximum Gasteiger partial charge on any atom is 0.121 e. The van der Waals surface area contributed by atoms with Gasteiger partial charge in [0, 0.05) is 12.2 Å². The molecular weight excluding hydrogens is 382 g/mol. The van der Waals surface area contributed by atoms with Gasteiger partial charge in [0.05, 0.1) is 28.8 Å². The number of nitrogens with zero attached hydrogens (tertiary/aromatic N) is 3. The summed E-state index contributed by atoms with van der Waals surface area (Å²) < 4.78 is 0. The van der Waals surface area contributed by atoms with E-state index in [1.165, 1.54) is 56.3 Å². The van der Waals surface area contributed by atoms with Crippen LogP contribution in [0.3, 0.4) is 0 Å². The molecule has 2 aromatic heterocycles. The fourth-order valence-electron chi connectivity index (χ4n) is 5.64. The molecule has 5 nitrogen and oxygen atoms in total. The molecule has 0 spiro atoms. The van der Waals surface area contributed by atoms with Crippen LogP contribution >= 0.6 is 0 Å². The molecule has 2 N–H and O–H groups in total. The van der Waals surface area contributed by atoms with Crippen LogP contribution in [0.5, 0.6) is 0 Å². The molecule has 1 aliphatic carbocycles. The number of pyridine rings is 1. The first-order valence-electron chi connectivity index (χ1n) is 12.1. The van der Waals surface area contributed by atoms with Crippen molar-refractivity contribution < 1.29 is 0 Å². The smallest absolute Gasteiger partial charge is 0.121 e. The maximum absolute atomic E-state index is 4.90. The number of H-pyrrole nitrogens is 1. The summed E-state index contributed by atoms with van der Waals surface area (Å²) in [4.78, 5) is 16.0. The summed E-state index contributed by atoms with van der Waals surface area (Å²) in [6.07, 6.45) is 12.0. The number of hydrogen-bond donors (Lipinski definition) is 2. The summed E-state index contributed by atoms with van der Waals surface area (Å²) in [6, 6.07) is 13.4. The quantitative estimate of drug-likeness (QED) is 0.572. The zero-order valence-electron chi connectivity index (χ0n) is 18.7. The molecular formula is C26H35N5. The van der Waals surface area contributed by atoms with Crippen LogP contribution in [0.25, 0.3) is 11.0 Å². The van der Waals surface area contributed by atoms with E-state index in [9.17, 15) is 0 Å². The molecule has 31 heavy (non-hydrogen) atoms. The SMILES string of the molecule is CC1(N(CCCC2CCCCN2)Cc2nc3ccccc3[nH]2)CCCc2cccnc21. The maximum atomic E-state index is 4.90. The third kappa shape index (κ3) is 4.39. The van der Waals surface area contributed by atoms with E-state index in [0.29, 0.717) is 6.04 Å². The predicted molar refractivity (Wildman–Crippen MR) is 126 cm³/mol. The highest BCUT2D eigenvalue weighted by Gasteiger charge is 2.39. The fraction of sp³-hybridized carbons (Fsp3) is 0.538. The molecule has 3 aromatic rings. The monoisotopic (exact) mass is 417 g/mol. The molecule has 1 aromatic carbocycles. The Morgan fingerprint density at radius 1 is 1.13 bits per heavy atom. The number of hydrogen-bond acceptors (Lipinski definition) is 4. The summed E-state index contributed by atoms with van der Waals surface area (Å²) >= 11 is 0. The minimum atomic E-state index is -0.0478. The largest absolute Gasteiger partial charge is 0.341 e. The molecule has 2 aliphatic rings. The van der Waals surface area contributed by atoms with Crippen LogP contribution in [0.15, 0.2) is 42.6 Å². The first kappa shape index (κ1) is 20.7. The van der Waals surface area contributed by atoms with E-state index in [4.69, 9.17) is 9.97 Å². The van der Waals surface area contributed by atoms with Gasteiger partial charge in [-0.1, -0.05) is 24.6 Å². The molecule has 3 heterocycles. The van der Waals surface area contributed by atoms with E-state index in [-0.39, 0.29) is 5.54 Å². The molecule has 1 aliphatic heterocycles. The van der Waals surface area contributed by atoms with Gasteiger partial charge < -0.3 is 10.3 Å². The van der Waals surface area contributed by atoms with E-state index in [2.05, 4.69) is 58.5 Å². The van der Waals surface area contributed by atoms with Gasteiger partial charge in [-0.3, -0.25) is 9.88 Å². The van der Waals surface area contributed by atoms with Crippen LogP contribution in [0.4, 0.5) is 0 Å². The van der Waals surface area contributed by atoms with Gasteiger partial charge in [-0.25, -0.2) is 4.98 Å². The van der Waals surface area contributed by atoms with Gasteiger partial charge in [0.2, 0.25) is 0 Å². The number of aromatic amines is 1. The molecule has 5 heteroatoms. The highest BCUT2D eigenvalue weighted by molar-refractivity contribution is 5.74. The van der Waals surface area contributed by atoms with Gasteiger partial charge in [-0.15, -0.1) is 0 Å². The summed E-state index contributed by atoms with van der Waals surface area (Å²) in [5.74, 6) is 1.06. The van der Waals surface area contributed by atoms with Crippen molar-refractivity contribution in [2.24, 2.45) is 0 Å². The van der Waals surface area contributed by atoms with E-state index in [1.807, 2.05) is 6.20 Å². The topological polar surface area (TPSA) is 56.8 Å². The number of aromatic nitrogens is 3. The van der Waals surface area contributed by atoms with Crippen molar-refractivity contribution >= 4 is 11.0 Å². The van der Waals surface area contributed by atoms with Crippen LogP contribution in [-0.2, 0) is 18.5 Å². The summed E-state index contributed by atoms with van der Waals surface area (Å²) in [5, 5.41) is 3.72. The lowest BCUT2D eigenvalue weighted by Gasteiger charge is -2.44. The summed E-state index contributed by atoms with van der Waals surface area (Å²) in [5.41, 5.74) is 4.81. The molecule has 2 unspecified atom stereocenters. The number of aryl methyl sites for hydroxylation is 1. The second-order valence-electron chi connectivity index (χ2n) is 9.55. The van der Waals surface area contributed by atoms with Gasteiger partial charge in [0.15, 0.2) is 0 Å². The van der Waals surface area contributed by atoms with Crippen LogP contribution in [0.2, 0.25) is 0 Å². The standard InChI is InChI=1S/C26H35N5/c1-26(15-6-9-20-10-7-17-28-25(20)26)31(18-8-12-21-11-4-5-16-27-21)19-24-29-22-13-2-3-14-23(22)30-24/h2-3,7,10,13-14,17,21,27H,4-6,8-9,11-12,15-16,18-19H2,1H3,(H,29,30). The van der Waals surface area contributed by atoms with Crippen LogP contribution in [-0.4, -0.2) is 39.0 Å². The average Bonchev–Trinajstić information content (AvgIpc) is 3.22. The van der Waals surface area contributed by atoms with Crippen molar-refractivity contribution in [3.63, 3.8) is 0 Å². The number of imidazole rings is 1. The molecule has 0 amide bonds. The number of nitrogens with one attached hydrogen (secondary N) is 2. The van der Waals surface area contributed by atoms with E-state index >= 15 is 0 Å². The highest BCUT2D eigenvalue weighted by Crippen LogP contribution is 2.39. The number of rotatable bonds is 7. The van der Waals surface area contributed by atoms with E-state index < -0.39 is 0 Å². The summed E-state index contributed by atoms with van der Waals surface area (Å²) in [7, 11) is 0. The lowest BCUT2D eigenvalue weighted by molar-refractivity contribution is 0.0654. The van der Waals surface area contributed by atoms with Crippen LogP contribution < -0.4 is 5.32 Å². The minimum absolute atomic E-state index is 0.0478. The Balaban J connectivity index is 1.39. The molecule has 164 valence electrons. The Bertz CT molecular complexity index is 973. The van der Waals surface area contributed by atoms with Gasteiger partial charge >= 0.3 is 0 Å². The number of para-hydroxylation sites is 2. The molecule has 0 bridgehead atoms. The molecule has 2 atom stereocenters. The van der Waals surface area contributed by atoms with Crippen molar-refractivity contribution in [2.45, 2.75) is 76.4 Å². The second kappa shape index (κ2) is 9.09. The Kier molecular flexibility index (Phi) is 6.06. The normalized spacial score (nSPS) is 23.9. The fourth-order valence-corrected chi connectivity index (χ4v) is 5.64. The molecule has 0 saturated carbocycles. The lowest BCUT2D eigenvalue weighted by Crippen LogP contribution is -2.47. The minimum Gasteiger partial charge on any atom is -0.341 e. The highest BCUT2D eigenvalue weighted by atomic mass is 15.2. The Morgan fingerprint density at radius 3 is 2.94 bits per heavy atom.